The van der Waals surface area contributed by atoms with Gasteiger partial charge in [-0.2, -0.15) is 5.26 Å². The summed E-state index contributed by atoms with van der Waals surface area (Å²) < 4.78 is 5.49. The molecule has 0 unspecified atom stereocenters. The fraction of sp³-hybridized carbons (Fsp3) is 0.231. The lowest BCUT2D eigenvalue weighted by molar-refractivity contribution is -0.117. The number of ether oxygens (including phenoxy) is 1. The number of nitriles is 1. The summed E-state index contributed by atoms with van der Waals surface area (Å²) in [5, 5.41) is 12.5. The highest BCUT2D eigenvalue weighted by Crippen LogP contribution is 2.23. The molecular formula is C26H27N3O2. The van der Waals surface area contributed by atoms with Crippen LogP contribution in [0.1, 0.15) is 30.5 Å². The lowest BCUT2D eigenvalue weighted by Gasteiger charge is -2.25. The lowest BCUT2D eigenvalue weighted by Crippen LogP contribution is -2.40. The van der Waals surface area contributed by atoms with Gasteiger partial charge in [0.25, 0.3) is 0 Å². The Morgan fingerprint density at radius 1 is 0.968 bits per heavy atom. The van der Waals surface area contributed by atoms with Crippen LogP contribution < -0.4 is 15.0 Å². The number of anilines is 1. The van der Waals surface area contributed by atoms with Crippen molar-refractivity contribution in [1.29, 1.82) is 5.26 Å². The Kier molecular flexibility index (Phi) is 8.21. The zero-order valence-electron chi connectivity index (χ0n) is 17.7. The first-order valence-corrected chi connectivity index (χ1v) is 10.5. The van der Waals surface area contributed by atoms with Crippen molar-refractivity contribution in [1.82, 2.24) is 5.32 Å². The molecule has 0 heterocycles. The molecule has 0 aliphatic rings. The molecule has 3 aromatic rings. The van der Waals surface area contributed by atoms with Crippen LogP contribution in [0.5, 0.6) is 5.75 Å². The number of nitrogens with one attached hydrogen (secondary N) is 1. The average molecular weight is 414 g/mol. The van der Waals surface area contributed by atoms with Crippen LogP contribution >= 0.6 is 0 Å². The van der Waals surface area contributed by atoms with Crippen LogP contribution in [0.2, 0.25) is 0 Å². The van der Waals surface area contributed by atoms with E-state index in [9.17, 15) is 4.79 Å². The minimum absolute atomic E-state index is 0.0868. The highest BCUT2D eigenvalue weighted by atomic mass is 16.5. The van der Waals surface area contributed by atoms with Gasteiger partial charge < -0.3 is 9.64 Å². The van der Waals surface area contributed by atoms with E-state index >= 15 is 0 Å². The van der Waals surface area contributed by atoms with Gasteiger partial charge >= 0.3 is 0 Å². The molecule has 5 nitrogen and oxygen atoms in total. The Labute approximate surface area is 183 Å². The monoisotopic (exact) mass is 413 g/mol. The minimum Gasteiger partial charge on any atom is -0.494 e. The second-order valence-electron chi connectivity index (χ2n) is 7.02. The van der Waals surface area contributed by atoms with E-state index in [0.29, 0.717) is 13.2 Å². The summed E-state index contributed by atoms with van der Waals surface area (Å²) in [5.74, 6) is 0.668. The number of amides is 1. The van der Waals surface area contributed by atoms with Crippen LogP contribution in [-0.2, 0) is 4.79 Å². The molecule has 3 rings (SSSR count). The topological polar surface area (TPSA) is 65.4 Å². The SMILES string of the molecule is CCOc1ccc(N(CCC#N)C(=O)CNC(c2ccccc2)c2ccccc2)cc1. The van der Waals surface area contributed by atoms with Gasteiger partial charge in [-0.15, -0.1) is 0 Å². The number of benzene rings is 3. The summed E-state index contributed by atoms with van der Waals surface area (Å²) in [4.78, 5) is 14.8. The van der Waals surface area contributed by atoms with Gasteiger partial charge in [0.2, 0.25) is 5.91 Å². The summed E-state index contributed by atoms with van der Waals surface area (Å²) in [5.41, 5.74) is 2.93. The van der Waals surface area contributed by atoms with E-state index in [4.69, 9.17) is 10.00 Å². The van der Waals surface area contributed by atoms with Gasteiger partial charge in [0.05, 0.1) is 31.7 Å². The molecule has 0 spiro atoms. The fourth-order valence-corrected chi connectivity index (χ4v) is 3.45. The normalized spacial score (nSPS) is 10.5. The van der Waals surface area contributed by atoms with Crippen LogP contribution in [0.3, 0.4) is 0 Å². The van der Waals surface area contributed by atoms with E-state index in [-0.39, 0.29) is 24.9 Å². The molecule has 5 heteroatoms. The molecule has 31 heavy (non-hydrogen) atoms. The molecule has 0 fully saturated rings. The Morgan fingerprint density at radius 2 is 1.55 bits per heavy atom. The molecule has 0 aromatic heterocycles. The van der Waals surface area contributed by atoms with Crippen LogP contribution in [0.4, 0.5) is 5.69 Å². The highest BCUT2D eigenvalue weighted by Gasteiger charge is 2.19. The largest absolute Gasteiger partial charge is 0.494 e. The summed E-state index contributed by atoms with van der Waals surface area (Å²) in [7, 11) is 0. The zero-order valence-corrected chi connectivity index (χ0v) is 17.7. The first-order chi connectivity index (χ1) is 15.2. The maximum Gasteiger partial charge on any atom is 0.240 e. The van der Waals surface area contributed by atoms with E-state index in [0.717, 1.165) is 22.6 Å². The number of rotatable bonds is 10. The van der Waals surface area contributed by atoms with Gasteiger partial charge in [-0.25, -0.2) is 0 Å². The summed E-state index contributed by atoms with van der Waals surface area (Å²) in [6, 6.07) is 29.6. The lowest BCUT2D eigenvalue weighted by atomic mass is 9.99. The Hall–Kier alpha value is -3.62. The maximum atomic E-state index is 13.2. The first-order valence-electron chi connectivity index (χ1n) is 10.5. The first kappa shape index (κ1) is 22.1. The van der Waals surface area contributed by atoms with E-state index in [1.54, 1.807) is 4.90 Å². The predicted molar refractivity (Wildman–Crippen MR) is 123 cm³/mol. The number of nitrogens with zero attached hydrogens (tertiary/aromatic N) is 2. The molecule has 0 bridgehead atoms. The van der Waals surface area contributed by atoms with Crippen molar-refractivity contribution in [2.24, 2.45) is 0 Å². The summed E-state index contributed by atoms with van der Waals surface area (Å²) in [6.45, 7) is 3.00. The van der Waals surface area contributed by atoms with Gasteiger partial charge in [0, 0.05) is 12.2 Å². The fourth-order valence-electron chi connectivity index (χ4n) is 3.45. The molecule has 0 saturated heterocycles. The van der Waals surface area contributed by atoms with Gasteiger partial charge in [0.1, 0.15) is 5.75 Å². The van der Waals surface area contributed by atoms with E-state index in [2.05, 4.69) is 35.7 Å². The molecule has 1 N–H and O–H groups in total. The second kappa shape index (κ2) is 11.5. The molecule has 0 atom stereocenters. The van der Waals surface area contributed by atoms with Crippen molar-refractivity contribution in [2.45, 2.75) is 19.4 Å². The number of carbonyl (C=O) groups is 1. The number of hydrogen-bond donors (Lipinski definition) is 1. The molecule has 0 radical (unpaired) electrons. The maximum absolute atomic E-state index is 13.2. The highest BCUT2D eigenvalue weighted by molar-refractivity contribution is 5.95. The van der Waals surface area contributed by atoms with Crippen LogP contribution in [0.25, 0.3) is 0 Å². The zero-order chi connectivity index (χ0) is 21.9. The molecule has 158 valence electrons. The third kappa shape index (κ3) is 6.18. The van der Waals surface area contributed by atoms with Crippen molar-refractivity contribution >= 4 is 11.6 Å². The smallest absolute Gasteiger partial charge is 0.240 e. The van der Waals surface area contributed by atoms with E-state index in [1.807, 2.05) is 67.6 Å². The summed E-state index contributed by atoms with van der Waals surface area (Å²) in [6.07, 6.45) is 0.264. The standard InChI is InChI=1S/C26H27N3O2/c1-2-31-24-16-14-23(15-17-24)29(19-9-18-27)25(30)20-28-26(21-10-5-3-6-11-21)22-12-7-4-8-13-22/h3-8,10-17,26,28H,2,9,19-20H2,1H3. The Balaban J connectivity index is 1.77. The van der Waals surface area contributed by atoms with E-state index < -0.39 is 0 Å². The van der Waals surface area contributed by atoms with Crippen molar-refractivity contribution in [3.8, 4) is 11.8 Å². The third-order valence-corrected chi connectivity index (χ3v) is 4.93. The predicted octanol–water partition coefficient (Wildman–Crippen LogP) is 4.71. The van der Waals surface area contributed by atoms with Crippen molar-refractivity contribution in [3.63, 3.8) is 0 Å². The van der Waals surface area contributed by atoms with Crippen LogP contribution in [-0.4, -0.2) is 25.6 Å². The molecule has 0 aliphatic carbocycles. The third-order valence-electron chi connectivity index (χ3n) is 4.93. The Morgan fingerprint density at radius 3 is 2.06 bits per heavy atom. The van der Waals surface area contributed by atoms with Gasteiger partial charge in [-0.05, 0) is 42.3 Å². The molecule has 3 aromatic carbocycles. The van der Waals surface area contributed by atoms with Gasteiger partial charge in [-0.3, -0.25) is 10.1 Å². The Bertz CT molecular complexity index is 943. The molecular weight excluding hydrogens is 386 g/mol. The average Bonchev–Trinajstić information content (AvgIpc) is 2.82. The van der Waals surface area contributed by atoms with Crippen LogP contribution in [0.15, 0.2) is 84.9 Å². The molecule has 0 saturated carbocycles. The van der Waals surface area contributed by atoms with Crippen molar-refractivity contribution in [3.05, 3.63) is 96.1 Å². The molecule has 0 aliphatic heterocycles. The van der Waals surface area contributed by atoms with Crippen molar-refractivity contribution < 1.29 is 9.53 Å². The van der Waals surface area contributed by atoms with E-state index in [1.165, 1.54) is 0 Å². The minimum atomic E-state index is -0.107. The summed E-state index contributed by atoms with van der Waals surface area (Å²) >= 11 is 0. The molecule has 1 amide bonds. The second-order valence-corrected chi connectivity index (χ2v) is 7.02. The quantitative estimate of drug-likeness (QED) is 0.523. The van der Waals surface area contributed by atoms with Crippen molar-refractivity contribution in [2.75, 3.05) is 24.6 Å². The van der Waals surface area contributed by atoms with Crippen LogP contribution in [0, 0.1) is 11.3 Å². The number of carbonyl (C=O) groups excluding carboxylic acids is 1. The van der Waals surface area contributed by atoms with Gasteiger partial charge in [-0.1, -0.05) is 60.7 Å². The van der Waals surface area contributed by atoms with Gasteiger partial charge in [0.15, 0.2) is 0 Å². The number of hydrogen-bond acceptors (Lipinski definition) is 4.